The quantitative estimate of drug-likeness (QED) is 0.744. The zero-order valence-electron chi connectivity index (χ0n) is 17.4. The number of hydrogen-bond acceptors (Lipinski definition) is 5. The molecular weight excluding hydrogens is 368 g/mol. The monoisotopic (exact) mass is 398 g/mol. The Labute approximate surface area is 171 Å². The molecule has 0 aliphatic heterocycles. The average molecular weight is 399 g/mol. The van der Waals surface area contributed by atoms with Gasteiger partial charge in [-0.3, -0.25) is 14.6 Å². The molecule has 0 radical (unpaired) electrons. The van der Waals surface area contributed by atoms with E-state index in [9.17, 15) is 9.59 Å². The molecule has 8 nitrogen and oxygen atoms in total. The lowest BCUT2D eigenvalue weighted by molar-refractivity contribution is -0.123. The number of aryl methyl sites for hydroxylation is 2. The Morgan fingerprint density at radius 2 is 1.97 bits per heavy atom. The number of pyridine rings is 1. The summed E-state index contributed by atoms with van der Waals surface area (Å²) in [5.41, 5.74) is 0.887. The van der Waals surface area contributed by atoms with Crippen LogP contribution in [0.5, 0.6) is 0 Å². The van der Waals surface area contributed by atoms with E-state index in [4.69, 9.17) is 0 Å². The maximum absolute atomic E-state index is 12.8. The highest BCUT2D eigenvalue weighted by molar-refractivity contribution is 5.76. The average Bonchev–Trinajstić information content (AvgIpc) is 3.02. The van der Waals surface area contributed by atoms with E-state index in [1.807, 2.05) is 32.0 Å². The molecule has 1 fully saturated rings. The number of nitrogens with zero attached hydrogens (tertiary/aromatic N) is 4. The van der Waals surface area contributed by atoms with Gasteiger partial charge in [-0.25, -0.2) is 9.67 Å². The van der Waals surface area contributed by atoms with Crippen molar-refractivity contribution in [3.63, 3.8) is 0 Å². The van der Waals surface area contributed by atoms with Crippen LogP contribution < -0.4 is 10.6 Å². The highest BCUT2D eigenvalue weighted by Gasteiger charge is 2.30. The molecule has 0 aromatic carbocycles. The first-order valence-electron chi connectivity index (χ1n) is 10.2. The van der Waals surface area contributed by atoms with Gasteiger partial charge in [-0.1, -0.05) is 6.07 Å². The predicted molar refractivity (Wildman–Crippen MR) is 109 cm³/mol. The summed E-state index contributed by atoms with van der Waals surface area (Å²) in [5, 5.41) is 10.4. The van der Waals surface area contributed by atoms with Crippen LogP contribution in [0.2, 0.25) is 0 Å². The van der Waals surface area contributed by atoms with Gasteiger partial charge in [0, 0.05) is 19.7 Å². The molecule has 1 aliphatic carbocycles. The summed E-state index contributed by atoms with van der Waals surface area (Å²) in [6.07, 6.45) is 5.82. The van der Waals surface area contributed by atoms with Crippen molar-refractivity contribution in [2.75, 3.05) is 6.54 Å². The Hall–Kier alpha value is -2.77. The Morgan fingerprint density at radius 3 is 2.55 bits per heavy atom. The fraction of sp³-hybridized carbons (Fsp3) is 0.571. The Kier molecular flexibility index (Phi) is 6.95. The predicted octanol–water partition coefficient (Wildman–Crippen LogP) is 2.09. The Balaban J connectivity index is 1.65. The van der Waals surface area contributed by atoms with Crippen LogP contribution in [0.1, 0.15) is 56.0 Å². The normalized spacial score (nSPS) is 20.1. The van der Waals surface area contributed by atoms with Crippen LogP contribution in [0.25, 0.3) is 0 Å². The van der Waals surface area contributed by atoms with Gasteiger partial charge in [-0.15, -0.1) is 0 Å². The summed E-state index contributed by atoms with van der Waals surface area (Å²) in [6, 6.07) is 5.68. The summed E-state index contributed by atoms with van der Waals surface area (Å²) >= 11 is 0. The van der Waals surface area contributed by atoms with Crippen molar-refractivity contribution in [3.8, 4) is 0 Å². The molecule has 2 N–H and O–H groups in total. The molecule has 1 saturated carbocycles. The van der Waals surface area contributed by atoms with Crippen molar-refractivity contribution < 1.29 is 9.59 Å². The van der Waals surface area contributed by atoms with Crippen molar-refractivity contribution in [2.45, 2.75) is 59.0 Å². The molecule has 8 heteroatoms. The molecule has 2 aromatic heterocycles. The van der Waals surface area contributed by atoms with Crippen LogP contribution >= 0.6 is 0 Å². The standard InChI is InChI=1S/C21H30N6O2/c1-14-24-15(2)27(26-14)13-20(29)25-21(19-6-4-5-11-22-19)18-9-7-17(8-10-18)12-23-16(3)28/h4-6,11,17-18,21H,7-10,12-13H2,1-3H3,(H,23,28)(H,25,29). The highest BCUT2D eigenvalue weighted by Crippen LogP contribution is 2.36. The van der Waals surface area contributed by atoms with Crippen LogP contribution in [0, 0.1) is 25.7 Å². The second-order valence-corrected chi connectivity index (χ2v) is 7.88. The van der Waals surface area contributed by atoms with E-state index in [0.29, 0.717) is 17.7 Å². The maximum Gasteiger partial charge on any atom is 0.242 e. The summed E-state index contributed by atoms with van der Waals surface area (Å²) < 4.78 is 1.63. The summed E-state index contributed by atoms with van der Waals surface area (Å²) in [5.74, 6) is 2.13. The van der Waals surface area contributed by atoms with Gasteiger partial charge in [-0.2, -0.15) is 5.10 Å². The lowest BCUT2D eigenvalue weighted by atomic mass is 9.77. The fourth-order valence-electron chi connectivity index (χ4n) is 4.07. The number of hydrogen-bond donors (Lipinski definition) is 2. The topological polar surface area (TPSA) is 102 Å². The molecule has 1 atom stereocenters. The number of aromatic nitrogens is 4. The third-order valence-electron chi connectivity index (χ3n) is 5.58. The molecule has 1 unspecified atom stereocenters. The van der Waals surface area contributed by atoms with Crippen LogP contribution in [-0.2, 0) is 16.1 Å². The Morgan fingerprint density at radius 1 is 1.21 bits per heavy atom. The number of amides is 2. The van der Waals surface area contributed by atoms with Gasteiger partial charge in [0.2, 0.25) is 11.8 Å². The largest absolute Gasteiger partial charge is 0.356 e. The van der Waals surface area contributed by atoms with E-state index in [2.05, 4.69) is 25.7 Å². The van der Waals surface area contributed by atoms with Gasteiger partial charge in [0.25, 0.3) is 0 Å². The first kappa shape index (κ1) is 21.0. The van der Waals surface area contributed by atoms with Gasteiger partial charge in [0.05, 0.1) is 11.7 Å². The maximum atomic E-state index is 12.8. The molecule has 1 aliphatic rings. The molecule has 156 valence electrons. The molecule has 3 rings (SSSR count). The molecule has 0 spiro atoms. The number of carbonyl (C=O) groups is 2. The lowest BCUT2D eigenvalue weighted by Gasteiger charge is -2.34. The summed E-state index contributed by atoms with van der Waals surface area (Å²) in [4.78, 5) is 32.7. The van der Waals surface area contributed by atoms with E-state index >= 15 is 0 Å². The molecule has 2 amide bonds. The molecule has 0 bridgehead atoms. The molecule has 2 aromatic rings. The number of carbonyl (C=O) groups excluding carboxylic acids is 2. The molecule has 29 heavy (non-hydrogen) atoms. The van der Waals surface area contributed by atoms with Gasteiger partial charge >= 0.3 is 0 Å². The second kappa shape index (κ2) is 9.62. The minimum Gasteiger partial charge on any atom is -0.356 e. The van der Waals surface area contributed by atoms with E-state index < -0.39 is 0 Å². The van der Waals surface area contributed by atoms with E-state index in [1.165, 1.54) is 0 Å². The van der Waals surface area contributed by atoms with Crippen molar-refractivity contribution in [1.29, 1.82) is 0 Å². The molecule has 0 saturated heterocycles. The minimum absolute atomic E-state index is 0.0180. The summed E-state index contributed by atoms with van der Waals surface area (Å²) in [6.45, 7) is 6.09. The second-order valence-electron chi connectivity index (χ2n) is 7.88. The number of nitrogens with one attached hydrogen (secondary N) is 2. The zero-order chi connectivity index (χ0) is 20.8. The first-order valence-corrected chi connectivity index (χ1v) is 10.2. The highest BCUT2D eigenvalue weighted by atomic mass is 16.2. The Bertz CT molecular complexity index is 827. The van der Waals surface area contributed by atoms with E-state index in [1.54, 1.807) is 17.8 Å². The van der Waals surface area contributed by atoms with Gasteiger partial charge in [-0.05, 0) is 63.5 Å². The third-order valence-corrected chi connectivity index (χ3v) is 5.58. The van der Waals surface area contributed by atoms with E-state index in [-0.39, 0.29) is 24.4 Å². The zero-order valence-corrected chi connectivity index (χ0v) is 17.4. The van der Waals surface area contributed by atoms with Gasteiger partial charge in [0.15, 0.2) is 0 Å². The number of rotatable bonds is 7. The van der Waals surface area contributed by atoms with Crippen molar-refractivity contribution >= 4 is 11.8 Å². The van der Waals surface area contributed by atoms with Crippen LogP contribution in [-0.4, -0.2) is 38.1 Å². The van der Waals surface area contributed by atoms with Crippen LogP contribution in [0.3, 0.4) is 0 Å². The third kappa shape index (κ3) is 5.85. The van der Waals surface area contributed by atoms with E-state index in [0.717, 1.165) is 43.7 Å². The van der Waals surface area contributed by atoms with Crippen LogP contribution in [0.4, 0.5) is 0 Å². The first-order chi connectivity index (χ1) is 13.9. The van der Waals surface area contributed by atoms with Gasteiger partial charge in [0.1, 0.15) is 18.2 Å². The SMILES string of the molecule is CC(=O)NCC1CCC(C(NC(=O)Cn2nc(C)nc2C)c2ccccn2)CC1. The van der Waals surface area contributed by atoms with Gasteiger partial charge < -0.3 is 10.6 Å². The fourth-order valence-corrected chi connectivity index (χ4v) is 4.07. The molecular formula is C21H30N6O2. The smallest absolute Gasteiger partial charge is 0.242 e. The van der Waals surface area contributed by atoms with Crippen molar-refractivity contribution in [3.05, 3.63) is 41.7 Å². The molecule has 2 heterocycles. The van der Waals surface area contributed by atoms with Crippen molar-refractivity contribution in [1.82, 2.24) is 30.4 Å². The van der Waals surface area contributed by atoms with Crippen molar-refractivity contribution in [2.24, 2.45) is 11.8 Å². The van der Waals surface area contributed by atoms with Crippen LogP contribution in [0.15, 0.2) is 24.4 Å². The minimum atomic E-state index is -0.129. The summed E-state index contributed by atoms with van der Waals surface area (Å²) in [7, 11) is 0. The lowest BCUT2D eigenvalue weighted by Crippen LogP contribution is -2.38.